The molecule has 0 bridgehead atoms. The number of carbonyl (C=O) groups excluding carboxylic acids is 2. The lowest BCUT2D eigenvalue weighted by Crippen LogP contribution is -2.64. The Morgan fingerprint density at radius 3 is 2.55 bits per heavy atom. The van der Waals surface area contributed by atoms with Crippen molar-refractivity contribution in [1.29, 1.82) is 5.26 Å². The molecule has 264 valence electrons. The van der Waals surface area contributed by atoms with Crippen LogP contribution in [0.5, 0.6) is 5.75 Å². The minimum absolute atomic E-state index is 0.0451. The number of benzene rings is 2. The van der Waals surface area contributed by atoms with Crippen molar-refractivity contribution in [3.63, 3.8) is 0 Å². The lowest BCUT2D eigenvalue weighted by atomic mass is 10.0. The summed E-state index contributed by atoms with van der Waals surface area (Å²) in [4.78, 5) is 39.5. The van der Waals surface area contributed by atoms with Gasteiger partial charge in [-0.25, -0.2) is 4.99 Å². The first-order valence-electron chi connectivity index (χ1n) is 17.9. The Balaban J connectivity index is 1.30. The van der Waals surface area contributed by atoms with Crippen LogP contribution >= 0.6 is 0 Å². The highest BCUT2D eigenvalue weighted by atomic mass is 16.5. The number of piperidine rings is 1. The van der Waals surface area contributed by atoms with Crippen molar-refractivity contribution >= 4 is 17.8 Å². The van der Waals surface area contributed by atoms with Gasteiger partial charge in [-0.1, -0.05) is 63.1 Å². The van der Waals surface area contributed by atoms with Crippen molar-refractivity contribution in [2.24, 2.45) is 4.99 Å². The molecule has 0 radical (unpaired) electrons. The third kappa shape index (κ3) is 9.52. The quantitative estimate of drug-likeness (QED) is 0.304. The van der Waals surface area contributed by atoms with Crippen molar-refractivity contribution in [2.75, 3.05) is 46.4 Å². The molecule has 49 heavy (non-hydrogen) atoms. The highest BCUT2D eigenvalue weighted by Gasteiger charge is 2.41. The molecular formula is C38H53N7O4. The van der Waals surface area contributed by atoms with Crippen molar-refractivity contribution < 1.29 is 19.1 Å². The van der Waals surface area contributed by atoms with Gasteiger partial charge in [0, 0.05) is 25.7 Å². The third-order valence-corrected chi connectivity index (χ3v) is 9.70. The fourth-order valence-corrected chi connectivity index (χ4v) is 7.07. The van der Waals surface area contributed by atoms with Crippen LogP contribution in [-0.2, 0) is 20.9 Å². The van der Waals surface area contributed by atoms with Gasteiger partial charge >= 0.3 is 0 Å². The zero-order valence-corrected chi connectivity index (χ0v) is 29.6. The van der Waals surface area contributed by atoms with Gasteiger partial charge in [-0.15, -0.1) is 0 Å². The van der Waals surface area contributed by atoms with Crippen LogP contribution in [0, 0.1) is 11.3 Å². The summed E-state index contributed by atoms with van der Waals surface area (Å²) in [5.74, 6) is 0.161. The molecule has 0 aliphatic carbocycles. The number of likely N-dealkylation sites (tertiary alicyclic amines) is 1. The molecule has 11 heteroatoms. The molecule has 5 rings (SSSR count). The van der Waals surface area contributed by atoms with Crippen LogP contribution < -0.4 is 15.4 Å². The number of nitriles is 1. The molecule has 2 aromatic carbocycles. The van der Waals surface area contributed by atoms with Gasteiger partial charge in [-0.05, 0) is 75.5 Å². The van der Waals surface area contributed by atoms with Crippen LogP contribution in [0.25, 0.3) is 0 Å². The van der Waals surface area contributed by atoms with E-state index in [0.717, 1.165) is 36.9 Å². The van der Waals surface area contributed by atoms with Crippen molar-refractivity contribution in [2.45, 2.75) is 96.1 Å². The zero-order valence-electron chi connectivity index (χ0n) is 29.6. The summed E-state index contributed by atoms with van der Waals surface area (Å²) in [5.41, 5.74) is 2.28. The zero-order chi connectivity index (χ0) is 34.8. The van der Waals surface area contributed by atoms with Crippen LogP contribution in [-0.4, -0.2) is 103 Å². The normalized spacial score (nSPS) is 21.9. The standard InChI is InChI=1S/C38H53N7O4/c1-27(2)41-32(15-9-12-20-43-18-10-6-11-19-43)37(47)45-22-21-44(38-42-28(3)35(49-38)30-13-7-5-8-14-30)26-33(45)36(46)40-25-29-16-17-31(24-39)34(23-29)48-4/h5,7-8,13-14,16-17,23,27-28,32-33,35,41H,6,9-12,15,18-22,25-26H2,1-4H3,(H,40,46)/t28-,32+,33?,35+/m0/s1. The number of nitrogens with one attached hydrogen (secondary N) is 2. The number of unbranched alkanes of at least 4 members (excludes halogenated alkanes) is 1. The molecule has 0 aromatic heterocycles. The number of aliphatic imine (C=N–C) groups is 1. The number of carbonyl (C=O) groups is 2. The van der Waals surface area contributed by atoms with Crippen molar-refractivity contribution in [1.82, 2.24) is 25.3 Å². The van der Waals surface area contributed by atoms with Gasteiger partial charge in [-0.3, -0.25) is 9.59 Å². The Morgan fingerprint density at radius 1 is 1.06 bits per heavy atom. The fourth-order valence-electron chi connectivity index (χ4n) is 7.07. The number of methoxy groups -OCH3 is 1. The Bertz CT molecular complexity index is 1470. The van der Waals surface area contributed by atoms with E-state index in [2.05, 4.69) is 35.5 Å². The molecule has 2 aromatic rings. The summed E-state index contributed by atoms with van der Waals surface area (Å²) in [6.45, 7) is 10.9. The molecule has 2 fully saturated rings. The van der Waals surface area contributed by atoms with Gasteiger partial charge in [-0.2, -0.15) is 5.26 Å². The first-order chi connectivity index (χ1) is 23.8. The third-order valence-electron chi connectivity index (χ3n) is 9.70. The molecule has 11 nitrogen and oxygen atoms in total. The first kappa shape index (κ1) is 36.1. The van der Waals surface area contributed by atoms with E-state index >= 15 is 0 Å². The largest absolute Gasteiger partial charge is 0.495 e. The Kier molecular flexibility index (Phi) is 12.9. The maximum absolute atomic E-state index is 14.3. The van der Waals surface area contributed by atoms with Gasteiger partial charge in [0.2, 0.25) is 11.8 Å². The lowest BCUT2D eigenvalue weighted by molar-refractivity contribution is -0.145. The lowest BCUT2D eigenvalue weighted by Gasteiger charge is -2.42. The number of amides is 2. The number of hydrogen-bond acceptors (Lipinski definition) is 9. The summed E-state index contributed by atoms with van der Waals surface area (Å²) >= 11 is 0. The number of rotatable bonds is 13. The predicted molar refractivity (Wildman–Crippen MR) is 190 cm³/mol. The van der Waals surface area contributed by atoms with E-state index < -0.39 is 6.04 Å². The summed E-state index contributed by atoms with van der Waals surface area (Å²) < 4.78 is 11.8. The minimum Gasteiger partial charge on any atom is -0.495 e. The highest BCUT2D eigenvalue weighted by Crippen LogP contribution is 2.31. The van der Waals surface area contributed by atoms with Crippen molar-refractivity contribution in [3.05, 3.63) is 65.2 Å². The van der Waals surface area contributed by atoms with Crippen LogP contribution in [0.4, 0.5) is 0 Å². The van der Waals surface area contributed by atoms with E-state index in [4.69, 9.17) is 14.5 Å². The van der Waals surface area contributed by atoms with E-state index in [9.17, 15) is 14.9 Å². The molecule has 3 aliphatic rings. The Morgan fingerprint density at radius 2 is 1.84 bits per heavy atom. The second-order valence-electron chi connectivity index (χ2n) is 13.7. The van der Waals surface area contributed by atoms with Crippen LogP contribution in [0.2, 0.25) is 0 Å². The SMILES string of the molecule is COc1cc(CNC(=O)C2CN(C3=N[C@@H](C)[C@H](c4ccccc4)O3)CCN2C(=O)[C@@H](CCCCN2CCCCC2)NC(C)C)ccc1C#N. The monoisotopic (exact) mass is 671 g/mol. The topological polar surface area (TPSA) is 123 Å². The summed E-state index contributed by atoms with van der Waals surface area (Å²) in [7, 11) is 1.52. The van der Waals surface area contributed by atoms with E-state index in [0.29, 0.717) is 30.4 Å². The highest BCUT2D eigenvalue weighted by molar-refractivity contribution is 5.91. The van der Waals surface area contributed by atoms with Crippen LogP contribution in [0.15, 0.2) is 53.5 Å². The van der Waals surface area contributed by atoms with E-state index in [1.54, 1.807) is 23.1 Å². The summed E-state index contributed by atoms with van der Waals surface area (Å²) in [6.07, 6.45) is 6.36. The molecule has 0 saturated carbocycles. The van der Waals surface area contributed by atoms with Gasteiger partial charge in [0.05, 0.1) is 31.3 Å². The van der Waals surface area contributed by atoms with Crippen LogP contribution in [0.3, 0.4) is 0 Å². The van der Waals surface area contributed by atoms with Gasteiger partial charge in [0.25, 0.3) is 6.02 Å². The molecular weight excluding hydrogens is 618 g/mol. The molecule has 1 unspecified atom stereocenters. The van der Waals surface area contributed by atoms with Gasteiger partial charge < -0.3 is 34.8 Å². The maximum Gasteiger partial charge on any atom is 0.288 e. The number of hydrogen-bond donors (Lipinski definition) is 2. The first-order valence-corrected chi connectivity index (χ1v) is 17.9. The molecule has 3 aliphatic heterocycles. The molecule has 0 spiro atoms. The molecule has 3 heterocycles. The smallest absolute Gasteiger partial charge is 0.288 e. The number of piperazine rings is 1. The van der Waals surface area contributed by atoms with E-state index in [1.807, 2.05) is 42.2 Å². The Hall–Kier alpha value is -4.14. The summed E-state index contributed by atoms with van der Waals surface area (Å²) in [6, 6.07) is 16.8. The fraction of sp³-hybridized carbons (Fsp3) is 0.579. The Labute approximate surface area is 291 Å². The average Bonchev–Trinajstić information content (AvgIpc) is 3.53. The number of ether oxygens (including phenoxy) is 2. The summed E-state index contributed by atoms with van der Waals surface area (Å²) in [5, 5.41) is 16.0. The van der Waals surface area contributed by atoms with E-state index in [1.165, 1.54) is 39.5 Å². The van der Waals surface area contributed by atoms with E-state index in [-0.39, 0.29) is 49.1 Å². The van der Waals surface area contributed by atoms with Crippen molar-refractivity contribution in [3.8, 4) is 11.8 Å². The maximum atomic E-state index is 14.3. The molecule has 2 saturated heterocycles. The number of amidine groups is 1. The molecule has 2 N–H and O–H groups in total. The second kappa shape index (κ2) is 17.5. The number of nitrogens with zero attached hydrogens (tertiary/aromatic N) is 5. The van der Waals surface area contributed by atoms with Gasteiger partial charge in [0.1, 0.15) is 24.0 Å². The predicted octanol–water partition coefficient (Wildman–Crippen LogP) is 4.23. The minimum atomic E-state index is -0.747. The molecule has 4 atom stereocenters. The van der Waals surface area contributed by atoms with Crippen LogP contribution in [0.1, 0.15) is 82.1 Å². The van der Waals surface area contributed by atoms with Gasteiger partial charge in [0.15, 0.2) is 0 Å². The second-order valence-corrected chi connectivity index (χ2v) is 13.7. The molecule has 2 amide bonds. The average molecular weight is 672 g/mol.